The molecule has 0 aromatic heterocycles. The first-order valence-corrected chi connectivity index (χ1v) is 10.3. The van der Waals surface area contributed by atoms with E-state index in [1.807, 2.05) is 0 Å². The maximum absolute atomic E-state index is 13.8. The Hall–Kier alpha value is -2.74. The highest BCUT2D eigenvalue weighted by atomic mass is 19.4. The van der Waals surface area contributed by atoms with E-state index in [1.54, 1.807) is 12.1 Å². The van der Waals surface area contributed by atoms with Crippen molar-refractivity contribution in [1.29, 1.82) is 0 Å². The third kappa shape index (κ3) is 4.95. The van der Waals surface area contributed by atoms with Crippen LogP contribution < -0.4 is 14.8 Å². The van der Waals surface area contributed by atoms with E-state index >= 15 is 0 Å². The van der Waals surface area contributed by atoms with Crippen LogP contribution in [0.4, 0.5) is 18.9 Å². The molecule has 4 rings (SSSR count). The van der Waals surface area contributed by atoms with Gasteiger partial charge >= 0.3 is 6.18 Å². The van der Waals surface area contributed by atoms with Gasteiger partial charge in [-0.3, -0.25) is 9.69 Å². The number of likely N-dealkylation sites (tertiary alicyclic amines) is 1. The van der Waals surface area contributed by atoms with Crippen molar-refractivity contribution in [3.05, 3.63) is 53.1 Å². The lowest BCUT2D eigenvalue weighted by Gasteiger charge is -2.35. The maximum atomic E-state index is 13.8. The molecule has 31 heavy (non-hydrogen) atoms. The maximum Gasteiger partial charge on any atom is 0.416 e. The van der Waals surface area contributed by atoms with Crippen LogP contribution >= 0.6 is 0 Å². The number of piperidine rings is 1. The van der Waals surface area contributed by atoms with Crippen molar-refractivity contribution in [2.24, 2.45) is 11.8 Å². The van der Waals surface area contributed by atoms with Crippen LogP contribution in [0.15, 0.2) is 36.4 Å². The van der Waals surface area contributed by atoms with Crippen LogP contribution in [0.2, 0.25) is 0 Å². The van der Waals surface area contributed by atoms with E-state index in [0.717, 1.165) is 25.6 Å². The van der Waals surface area contributed by atoms with Crippen molar-refractivity contribution in [1.82, 2.24) is 4.90 Å². The summed E-state index contributed by atoms with van der Waals surface area (Å²) in [6.45, 7) is 6.13. The number of alkyl halides is 3. The molecule has 0 aliphatic carbocycles. The molecule has 0 radical (unpaired) electrons. The van der Waals surface area contributed by atoms with Crippen LogP contribution in [-0.4, -0.2) is 30.7 Å². The van der Waals surface area contributed by atoms with E-state index in [2.05, 4.69) is 24.1 Å². The lowest BCUT2D eigenvalue weighted by atomic mass is 9.91. The number of nitrogens with one attached hydrogen (secondary N) is 1. The minimum absolute atomic E-state index is 0.0748. The largest absolute Gasteiger partial charge is 0.454 e. The van der Waals surface area contributed by atoms with Crippen molar-refractivity contribution < 1.29 is 27.4 Å². The van der Waals surface area contributed by atoms with Crippen LogP contribution in [-0.2, 0) is 12.7 Å². The summed E-state index contributed by atoms with van der Waals surface area (Å²) < 4.78 is 51.8. The summed E-state index contributed by atoms with van der Waals surface area (Å²) in [6, 6.07) is 8.64. The van der Waals surface area contributed by atoms with Crippen LogP contribution in [0.1, 0.15) is 41.8 Å². The van der Waals surface area contributed by atoms with Crippen molar-refractivity contribution in [2.75, 3.05) is 25.2 Å². The monoisotopic (exact) mass is 434 g/mol. The molecule has 2 unspecified atom stereocenters. The summed E-state index contributed by atoms with van der Waals surface area (Å²) in [5, 5.41) is 2.56. The van der Waals surface area contributed by atoms with Gasteiger partial charge in [-0.25, -0.2) is 0 Å². The Bertz CT molecular complexity index is 967. The van der Waals surface area contributed by atoms with Gasteiger partial charge in [0.25, 0.3) is 5.91 Å². The van der Waals surface area contributed by atoms with Crippen molar-refractivity contribution in [2.45, 2.75) is 33.0 Å². The number of amides is 1. The van der Waals surface area contributed by atoms with Crippen LogP contribution in [0.5, 0.6) is 11.5 Å². The van der Waals surface area contributed by atoms with Crippen molar-refractivity contribution >= 4 is 11.6 Å². The molecule has 2 aromatic rings. The molecule has 5 nitrogen and oxygen atoms in total. The third-order valence-corrected chi connectivity index (χ3v) is 5.65. The number of carbonyl (C=O) groups is 1. The molecule has 1 amide bonds. The van der Waals surface area contributed by atoms with Gasteiger partial charge in [-0.05, 0) is 54.2 Å². The standard InChI is InChI=1S/C23H25F3N2O3/c1-14-7-15(2)11-28(10-14)12-17-3-5-18(9-19(17)23(24,25)26)27-22(29)16-4-6-20-21(8-16)31-13-30-20/h3-6,8-9,14-15H,7,10-13H2,1-2H3,(H,27,29). The summed E-state index contributed by atoms with van der Waals surface area (Å²) in [6.07, 6.45) is -3.42. The molecule has 0 bridgehead atoms. The Kier molecular flexibility index (Phi) is 5.83. The van der Waals surface area contributed by atoms with E-state index in [0.29, 0.717) is 23.3 Å². The molecule has 2 atom stereocenters. The second kappa shape index (κ2) is 8.42. The Morgan fingerprint density at radius 3 is 2.48 bits per heavy atom. The van der Waals surface area contributed by atoms with Crippen molar-refractivity contribution in [3.8, 4) is 11.5 Å². The highest BCUT2D eigenvalue weighted by molar-refractivity contribution is 6.04. The predicted molar refractivity (Wildman–Crippen MR) is 110 cm³/mol. The molecule has 1 N–H and O–H groups in total. The average Bonchev–Trinajstić information content (AvgIpc) is 3.15. The second-order valence-electron chi connectivity index (χ2n) is 8.53. The van der Waals surface area contributed by atoms with E-state index in [9.17, 15) is 18.0 Å². The molecular formula is C23H25F3N2O3. The van der Waals surface area contributed by atoms with E-state index < -0.39 is 17.6 Å². The minimum atomic E-state index is -4.51. The van der Waals surface area contributed by atoms with E-state index in [1.165, 1.54) is 18.2 Å². The summed E-state index contributed by atoms with van der Waals surface area (Å²) in [5.41, 5.74) is -0.131. The van der Waals surface area contributed by atoms with Gasteiger partial charge < -0.3 is 14.8 Å². The van der Waals surface area contributed by atoms with Gasteiger partial charge in [-0.15, -0.1) is 0 Å². The second-order valence-corrected chi connectivity index (χ2v) is 8.53. The summed E-state index contributed by atoms with van der Waals surface area (Å²) in [4.78, 5) is 14.6. The van der Waals surface area contributed by atoms with Crippen LogP contribution in [0.3, 0.4) is 0 Å². The topological polar surface area (TPSA) is 50.8 Å². The first kappa shape index (κ1) is 21.5. The zero-order valence-corrected chi connectivity index (χ0v) is 17.5. The number of hydrogen-bond donors (Lipinski definition) is 1. The third-order valence-electron chi connectivity index (χ3n) is 5.65. The molecule has 166 valence electrons. The van der Waals surface area contributed by atoms with Gasteiger partial charge in [0, 0.05) is 30.9 Å². The summed E-state index contributed by atoms with van der Waals surface area (Å²) in [5.74, 6) is 1.36. The minimum Gasteiger partial charge on any atom is -0.454 e. The fraction of sp³-hybridized carbons (Fsp3) is 0.435. The number of nitrogens with zero attached hydrogens (tertiary/aromatic N) is 1. The molecule has 2 aliphatic rings. The van der Waals surface area contributed by atoms with Crippen molar-refractivity contribution in [3.63, 3.8) is 0 Å². The first-order chi connectivity index (χ1) is 14.7. The summed E-state index contributed by atoms with van der Waals surface area (Å²) in [7, 11) is 0. The number of benzene rings is 2. The molecule has 0 spiro atoms. The molecule has 1 fully saturated rings. The molecule has 2 aliphatic heterocycles. The number of fused-ring (bicyclic) bond motifs is 1. The zero-order valence-electron chi connectivity index (χ0n) is 17.5. The van der Waals surface area contributed by atoms with Gasteiger partial charge in [0.2, 0.25) is 6.79 Å². The number of halogens is 3. The normalized spacial score (nSPS) is 21.2. The number of hydrogen-bond acceptors (Lipinski definition) is 4. The number of rotatable bonds is 4. The lowest BCUT2D eigenvalue weighted by Crippen LogP contribution is -2.38. The Morgan fingerprint density at radius 2 is 1.77 bits per heavy atom. The SMILES string of the molecule is CC1CC(C)CN(Cc2ccc(NC(=O)c3ccc4c(c3)OCO4)cc2C(F)(F)F)C1. The van der Waals surface area contributed by atoms with Crippen LogP contribution in [0.25, 0.3) is 0 Å². The number of ether oxygens (including phenoxy) is 2. The van der Waals surface area contributed by atoms with E-state index in [-0.39, 0.29) is 30.2 Å². The molecule has 0 saturated carbocycles. The lowest BCUT2D eigenvalue weighted by molar-refractivity contribution is -0.138. The van der Waals surface area contributed by atoms with Gasteiger partial charge in [0.05, 0.1) is 5.56 Å². The van der Waals surface area contributed by atoms with E-state index in [4.69, 9.17) is 9.47 Å². The quantitative estimate of drug-likeness (QED) is 0.722. The average molecular weight is 434 g/mol. The Labute approximate surface area is 179 Å². The van der Waals surface area contributed by atoms with Gasteiger partial charge in [0.15, 0.2) is 11.5 Å². The highest BCUT2D eigenvalue weighted by Gasteiger charge is 2.34. The number of carbonyl (C=O) groups excluding carboxylic acids is 1. The molecule has 2 aromatic carbocycles. The van der Waals surface area contributed by atoms with Gasteiger partial charge in [-0.1, -0.05) is 19.9 Å². The predicted octanol–water partition coefficient (Wildman–Crippen LogP) is 5.16. The molecule has 8 heteroatoms. The summed E-state index contributed by atoms with van der Waals surface area (Å²) >= 11 is 0. The fourth-order valence-corrected chi connectivity index (χ4v) is 4.46. The molecular weight excluding hydrogens is 409 g/mol. The zero-order chi connectivity index (χ0) is 22.2. The smallest absolute Gasteiger partial charge is 0.416 e. The van der Waals surface area contributed by atoms with Crippen LogP contribution in [0, 0.1) is 11.8 Å². The fourth-order valence-electron chi connectivity index (χ4n) is 4.46. The molecule has 1 saturated heterocycles. The molecule has 2 heterocycles. The first-order valence-electron chi connectivity index (χ1n) is 10.3. The number of anilines is 1. The highest BCUT2D eigenvalue weighted by Crippen LogP contribution is 2.36. The Balaban J connectivity index is 1.53. The van der Waals surface area contributed by atoms with Gasteiger partial charge in [0.1, 0.15) is 0 Å². The van der Waals surface area contributed by atoms with Gasteiger partial charge in [-0.2, -0.15) is 13.2 Å². The Morgan fingerprint density at radius 1 is 1.06 bits per heavy atom.